The summed E-state index contributed by atoms with van der Waals surface area (Å²) in [6.07, 6.45) is 2.60. The molecule has 2 rings (SSSR count). The third-order valence-electron chi connectivity index (χ3n) is 2.34. The van der Waals surface area contributed by atoms with Gasteiger partial charge in [-0.15, -0.1) is 5.10 Å². The SMILES string of the molecule is NCCCn1nncc1-c1ccccc1Cl. The molecule has 1 heterocycles. The second-order valence-corrected chi connectivity index (χ2v) is 3.87. The molecule has 4 nitrogen and oxygen atoms in total. The van der Waals surface area contributed by atoms with Crippen LogP contribution >= 0.6 is 11.6 Å². The van der Waals surface area contributed by atoms with Crippen molar-refractivity contribution in [2.24, 2.45) is 5.73 Å². The van der Waals surface area contributed by atoms with E-state index in [4.69, 9.17) is 17.3 Å². The quantitative estimate of drug-likeness (QED) is 0.883. The predicted molar refractivity (Wildman–Crippen MR) is 64.1 cm³/mol. The fraction of sp³-hybridized carbons (Fsp3) is 0.273. The van der Waals surface area contributed by atoms with Gasteiger partial charge in [-0.25, -0.2) is 4.68 Å². The lowest BCUT2D eigenvalue weighted by molar-refractivity contribution is 0.569. The first-order valence-electron chi connectivity index (χ1n) is 5.16. The molecule has 0 bridgehead atoms. The lowest BCUT2D eigenvalue weighted by Crippen LogP contribution is -2.08. The lowest BCUT2D eigenvalue weighted by atomic mass is 10.1. The average molecular weight is 237 g/mol. The minimum absolute atomic E-state index is 0.641. The van der Waals surface area contributed by atoms with Crippen LogP contribution in [0.2, 0.25) is 5.02 Å². The maximum absolute atomic E-state index is 6.13. The van der Waals surface area contributed by atoms with Crippen molar-refractivity contribution in [1.29, 1.82) is 0 Å². The number of hydrogen-bond donors (Lipinski definition) is 1. The Hall–Kier alpha value is -1.39. The summed E-state index contributed by atoms with van der Waals surface area (Å²) in [4.78, 5) is 0. The first-order valence-corrected chi connectivity index (χ1v) is 5.54. The molecule has 0 saturated carbocycles. The van der Waals surface area contributed by atoms with E-state index in [1.807, 2.05) is 28.9 Å². The molecule has 5 heteroatoms. The molecular weight excluding hydrogens is 224 g/mol. The number of aryl methyl sites for hydroxylation is 1. The number of nitrogens with two attached hydrogens (primary N) is 1. The van der Waals surface area contributed by atoms with E-state index < -0.39 is 0 Å². The van der Waals surface area contributed by atoms with Gasteiger partial charge in [-0.05, 0) is 19.0 Å². The Morgan fingerprint density at radius 1 is 1.31 bits per heavy atom. The fourth-order valence-corrected chi connectivity index (χ4v) is 1.77. The highest BCUT2D eigenvalue weighted by atomic mass is 35.5. The van der Waals surface area contributed by atoms with Crippen LogP contribution in [-0.4, -0.2) is 21.5 Å². The molecule has 0 aliphatic rings. The van der Waals surface area contributed by atoms with Crippen LogP contribution in [0.5, 0.6) is 0 Å². The van der Waals surface area contributed by atoms with E-state index in [0.29, 0.717) is 11.6 Å². The summed E-state index contributed by atoms with van der Waals surface area (Å²) in [7, 11) is 0. The van der Waals surface area contributed by atoms with Gasteiger partial charge in [0.25, 0.3) is 0 Å². The first-order chi connectivity index (χ1) is 7.83. The molecular formula is C11H13ClN4. The Morgan fingerprint density at radius 3 is 2.88 bits per heavy atom. The van der Waals surface area contributed by atoms with Crippen molar-refractivity contribution >= 4 is 11.6 Å². The van der Waals surface area contributed by atoms with E-state index in [9.17, 15) is 0 Å². The molecule has 0 fully saturated rings. The minimum Gasteiger partial charge on any atom is -0.330 e. The number of benzene rings is 1. The summed E-state index contributed by atoms with van der Waals surface area (Å²) in [5.41, 5.74) is 7.36. The van der Waals surface area contributed by atoms with E-state index in [2.05, 4.69) is 10.3 Å². The van der Waals surface area contributed by atoms with Gasteiger partial charge in [0.15, 0.2) is 0 Å². The topological polar surface area (TPSA) is 56.7 Å². The number of aromatic nitrogens is 3. The van der Waals surface area contributed by atoms with Crippen LogP contribution in [0.25, 0.3) is 11.3 Å². The Balaban J connectivity index is 2.33. The molecule has 1 aromatic carbocycles. The summed E-state index contributed by atoms with van der Waals surface area (Å²) < 4.78 is 1.83. The highest BCUT2D eigenvalue weighted by Crippen LogP contribution is 2.26. The highest BCUT2D eigenvalue weighted by Gasteiger charge is 2.08. The summed E-state index contributed by atoms with van der Waals surface area (Å²) in [6.45, 7) is 1.40. The zero-order chi connectivity index (χ0) is 11.4. The van der Waals surface area contributed by atoms with Gasteiger partial charge in [-0.2, -0.15) is 0 Å². The van der Waals surface area contributed by atoms with Gasteiger partial charge in [0, 0.05) is 12.1 Å². The monoisotopic (exact) mass is 236 g/mol. The lowest BCUT2D eigenvalue weighted by Gasteiger charge is -2.06. The molecule has 0 saturated heterocycles. The number of hydrogen-bond acceptors (Lipinski definition) is 3. The third kappa shape index (κ3) is 2.23. The van der Waals surface area contributed by atoms with Gasteiger partial charge in [0.05, 0.1) is 16.9 Å². The van der Waals surface area contributed by atoms with E-state index in [-0.39, 0.29) is 0 Å². The summed E-state index contributed by atoms with van der Waals surface area (Å²) >= 11 is 6.13. The van der Waals surface area contributed by atoms with Crippen LogP contribution < -0.4 is 5.73 Å². The van der Waals surface area contributed by atoms with Crippen LogP contribution in [0, 0.1) is 0 Å². The van der Waals surface area contributed by atoms with Gasteiger partial charge >= 0.3 is 0 Å². The van der Waals surface area contributed by atoms with E-state index >= 15 is 0 Å². The Bertz CT molecular complexity index is 467. The summed E-state index contributed by atoms with van der Waals surface area (Å²) in [6, 6.07) is 7.67. The molecule has 0 aliphatic heterocycles. The van der Waals surface area contributed by atoms with Gasteiger partial charge < -0.3 is 5.73 Å². The van der Waals surface area contributed by atoms with Crippen molar-refractivity contribution in [3.8, 4) is 11.3 Å². The fourth-order valence-electron chi connectivity index (χ4n) is 1.54. The maximum Gasteiger partial charge on any atom is 0.0900 e. The molecule has 2 N–H and O–H groups in total. The van der Waals surface area contributed by atoms with Crippen molar-refractivity contribution in [2.45, 2.75) is 13.0 Å². The molecule has 1 aromatic heterocycles. The van der Waals surface area contributed by atoms with Gasteiger partial charge in [0.2, 0.25) is 0 Å². The third-order valence-corrected chi connectivity index (χ3v) is 2.67. The Morgan fingerprint density at radius 2 is 2.12 bits per heavy atom. The Labute approximate surface area is 99.0 Å². The summed E-state index contributed by atoms with van der Waals surface area (Å²) in [5.74, 6) is 0. The van der Waals surface area contributed by atoms with Crippen molar-refractivity contribution in [2.75, 3.05) is 6.54 Å². The minimum atomic E-state index is 0.641. The van der Waals surface area contributed by atoms with Gasteiger partial charge in [0.1, 0.15) is 0 Å². The van der Waals surface area contributed by atoms with Crippen LogP contribution in [0.4, 0.5) is 0 Å². The highest BCUT2D eigenvalue weighted by molar-refractivity contribution is 6.33. The predicted octanol–water partition coefficient (Wildman–Crippen LogP) is 1.95. The van der Waals surface area contributed by atoms with E-state index in [0.717, 1.165) is 24.2 Å². The summed E-state index contributed by atoms with van der Waals surface area (Å²) in [5, 5.41) is 8.64. The molecule has 0 amide bonds. The van der Waals surface area contributed by atoms with Gasteiger partial charge in [-0.1, -0.05) is 35.0 Å². The molecule has 0 aliphatic carbocycles. The smallest absolute Gasteiger partial charge is 0.0900 e. The second-order valence-electron chi connectivity index (χ2n) is 3.46. The number of rotatable bonds is 4. The molecule has 0 radical (unpaired) electrons. The average Bonchev–Trinajstić information content (AvgIpc) is 2.75. The largest absolute Gasteiger partial charge is 0.330 e. The molecule has 0 unspecified atom stereocenters. The number of halogens is 1. The van der Waals surface area contributed by atoms with Crippen molar-refractivity contribution in [3.63, 3.8) is 0 Å². The second kappa shape index (κ2) is 5.09. The molecule has 84 valence electrons. The van der Waals surface area contributed by atoms with Crippen molar-refractivity contribution in [3.05, 3.63) is 35.5 Å². The molecule has 16 heavy (non-hydrogen) atoms. The van der Waals surface area contributed by atoms with Crippen molar-refractivity contribution < 1.29 is 0 Å². The zero-order valence-electron chi connectivity index (χ0n) is 8.81. The standard InChI is InChI=1S/C11H13ClN4/c12-10-5-2-1-4-9(10)11-8-14-15-16(11)7-3-6-13/h1-2,4-5,8H,3,6-7,13H2. The normalized spacial score (nSPS) is 10.6. The van der Waals surface area contributed by atoms with Crippen LogP contribution in [0.15, 0.2) is 30.5 Å². The van der Waals surface area contributed by atoms with Gasteiger partial charge in [-0.3, -0.25) is 0 Å². The van der Waals surface area contributed by atoms with Crippen molar-refractivity contribution in [1.82, 2.24) is 15.0 Å². The Kier molecular flexibility index (Phi) is 3.54. The molecule has 0 atom stereocenters. The maximum atomic E-state index is 6.13. The molecule has 0 spiro atoms. The first kappa shape index (κ1) is 11.1. The van der Waals surface area contributed by atoms with Crippen LogP contribution in [0.1, 0.15) is 6.42 Å². The van der Waals surface area contributed by atoms with Crippen LogP contribution in [0.3, 0.4) is 0 Å². The van der Waals surface area contributed by atoms with E-state index in [1.165, 1.54) is 0 Å². The zero-order valence-corrected chi connectivity index (χ0v) is 9.56. The number of nitrogens with zero attached hydrogens (tertiary/aromatic N) is 3. The van der Waals surface area contributed by atoms with E-state index in [1.54, 1.807) is 6.20 Å². The van der Waals surface area contributed by atoms with Crippen LogP contribution in [-0.2, 0) is 6.54 Å². The molecule has 2 aromatic rings.